The van der Waals surface area contributed by atoms with Crippen LogP contribution in [0.3, 0.4) is 0 Å². The average Bonchev–Trinajstić information content (AvgIpc) is 2.09. The SMILES string of the molecule is CC(C)COCCN(CCCl)CC(F)(F)F. The first-order valence-corrected chi connectivity index (χ1v) is 5.81. The molecule has 0 fully saturated rings. The Morgan fingerprint density at radius 2 is 1.88 bits per heavy atom. The lowest BCUT2D eigenvalue weighted by molar-refractivity contribution is -0.146. The fourth-order valence-corrected chi connectivity index (χ4v) is 1.39. The Morgan fingerprint density at radius 1 is 1.25 bits per heavy atom. The maximum atomic E-state index is 12.1. The van der Waals surface area contributed by atoms with Crippen LogP contribution < -0.4 is 0 Å². The number of rotatable bonds is 8. The summed E-state index contributed by atoms with van der Waals surface area (Å²) in [6, 6.07) is 0. The average molecular weight is 262 g/mol. The summed E-state index contributed by atoms with van der Waals surface area (Å²) in [5, 5.41) is 0. The highest BCUT2D eigenvalue weighted by Gasteiger charge is 2.30. The van der Waals surface area contributed by atoms with Crippen molar-refractivity contribution < 1.29 is 17.9 Å². The molecule has 0 aromatic heterocycles. The lowest BCUT2D eigenvalue weighted by Gasteiger charge is -2.22. The maximum absolute atomic E-state index is 12.1. The number of ether oxygens (including phenoxy) is 1. The minimum atomic E-state index is -4.18. The Kier molecular flexibility index (Phi) is 8.14. The van der Waals surface area contributed by atoms with E-state index in [-0.39, 0.29) is 19.0 Å². The first kappa shape index (κ1) is 16.0. The van der Waals surface area contributed by atoms with E-state index < -0.39 is 12.7 Å². The summed E-state index contributed by atoms with van der Waals surface area (Å²) in [6.07, 6.45) is -4.18. The number of hydrogen-bond acceptors (Lipinski definition) is 2. The fraction of sp³-hybridized carbons (Fsp3) is 1.00. The van der Waals surface area contributed by atoms with Crippen LogP contribution in [0.2, 0.25) is 0 Å². The zero-order chi connectivity index (χ0) is 12.6. The lowest BCUT2D eigenvalue weighted by Crippen LogP contribution is -2.37. The molecule has 0 amide bonds. The second-order valence-electron chi connectivity index (χ2n) is 4.05. The second-order valence-corrected chi connectivity index (χ2v) is 4.43. The summed E-state index contributed by atoms with van der Waals surface area (Å²) in [4.78, 5) is 1.26. The lowest BCUT2D eigenvalue weighted by atomic mass is 10.2. The normalized spacial score (nSPS) is 12.8. The minimum Gasteiger partial charge on any atom is -0.380 e. The Labute approximate surface area is 99.7 Å². The van der Waals surface area contributed by atoms with Gasteiger partial charge >= 0.3 is 6.18 Å². The van der Waals surface area contributed by atoms with Crippen LogP contribution in [0.4, 0.5) is 13.2 Å². The van der Waals surface area contributed by atoms with E-state index in [1.165, 1.54) is 4.90 Å². The molecule has 0 atom stereocenters. The van der Waals surface area contributed by atoms with Gasteiger partial charge in [-0.2, -0.15) is 13.2 Å². The van der Waals surface area contributed by atoms with Crippen LogP contribution in [0.15, 0.2) is 0 Å². The summed E-state index contributed by atoms with van der Waals surface area (Å²) >= 11 is 5.44. The van der Waals surface area contributed by atoms with Crippen LogP contribution in [-0.2, 0) is 4.74 Å². The van der Waals surface area contributed by atoms with Crippen molar-refractivity contribution in [2.24, 2.45) is 5.92 Å². The summed E-state index contributed by atoms with van der Waals surface area (Å²) < 4.78 is 41.7. The van der Waals surface area contributed by atoms with Crippen molar-refractivity contribution in [2.45, 2.75) is 20.0 Å². The van der Waals surface area contributed by atoms with Crippen LogP contribution in [0.5, 0.6) is 0 Å². The number of halogens is 4. The van der Waals surface area contributed by atoms with Gasteiger partial charge in [-0.15, -0.1) is 11.6 Å². The molecule has 16 heavy (non-hydrogen) atoms. The fourth-order valence-electron chi connectivity index (χ4n) is 1.16. The van der Waals surface area contributed by atoms with Crippen molar-refractivity contribution in [1.82, 2.24) is 4.90 Å². The molecular formula is C10H19ClF3NO. The third-order valence-corrected chi connectivity index (χ3v) is 1.98. The van der Waals surface area contributed by atoms with Crippen molar-refractivity contribution in [2.75, 3.05) is 38.7 Å². The standard InChI is InChI=1S/C10H19ClF3NO/c1-9(2)7-16-6-5-15(4-3-11)8-10(12,13)14/h9H,3-8H2,1-2H3. The second kappa shape index (κ2) is 8.14. The molecule has 0 rings (SSSR count). The van der Waals surface area contributed by atoms with Gasteiger partial charge < -0.3 is 4.74 Å². The summed E-state index contributed by atoms with van der Waals surface area (Å²) in [6.45, 7) is 4.43. The monoisotopic (exact) mass is 261 g/mol. The molecule has 0 radical (unpaired) electrons. The van der Waals surface area contributed by atoms with Crippen LogP contribution in [0.25, 0.3) is 0 Å². The van der Waals surface area contributed by atoms with Gasteiger partial charge in [0.2, 0.25) is 0 Å². The first-order chi connectivity index (χ1) is 7.35. The summed E-state index contributed by atoms with van der Waals surface area (Å²) in [7, 11) is 0. The van der Waals surface area contributed by atoms with Crippen LogP contribution in [-0.4, -0.2) is 49.8 Å². The van der Waals surface area contributed by atoms with Crippen LogP contribution in [0, 0.1) is 5.92 Å². The summed E-state index contributed by atoms with van der Waals surface area (Å²) in [5.41, 5.74) is 0. The topological polar surface area (TPSA) is 12.5 Å². The molecule has 0 spiro atoms. The molecule has 0 aliphatic rings. The van der Waals surface area contributed by atoms with Crippen molar-refractivity contribution in [3.63, 3.8) is 0 Å². The molecule has 2 nitrogen and oxygen atoms in total. The minimum absolute atomic E-state index is 0.195. The Morgan fingerprint density at radius 3 is 2.31 bits per heavy atom. The van der Waals surface area contributed by atoms with Gasteiger partial charge in [0.25, 0.3) is 0 Å². The molecule has 0 aromatic rings. The van der Waals surface area contributed by atoms with Crippen molar-refractivity contribution >= 4 is 11.6 Å². The molecular weight excluding hydrogens is 243 g/mol. The van der Waals surface area contributed by atoms with Crippen molar-refractivity contribution in [3.05, 3.63) is 0 Å². The molecule has 0 N–H and O–H groups in total. The number of alkyl halides is 4. The van der Waals surface area contributed by atoms with E-state index in [0.29, 0.717) is 19.1 Å². The molecule has 0 aliphatic carbocycles. The van der Waals surface area contributed by atoms with Gasteiger partial charge in [0, 0.05) is 25.6 Å². The van der Waals surface area contributed by atoms with Gasteiger partial charge in [-0.25, -0.2) is 0 Å². The van der Waals surface area contributed by atoms with E-state index in [1.807, 2.05) is 13.8 Å². The quantitative estimate of drug-likeness (QED) is 0.492. The van der Waals surface area contributed by atoms with Crippen LogP contribution in [0.1, 0.15) is 13.8 Å². The smallest absolute Gasteiger partial charge is 0.380 e. The molecule has 0 heterocycles. The number of hydrogen-bond donors (Lipinski definition) is 0. The highest BCUT2D eigenvalue weighted by Crippen LogP contribution is 2.16. The van der Waals surface area contributed by atoms with Gasteiger partial charge in [-0.05, 0) is 5.92 Å². The maximum Gasteiger partial charge on any atom is 0.401 e. The van der Waals surface area contributed by atoms with Gasteiger partial charge in [0.1, 0.15) is 0 Å². The number of nitrogens with zero attached hydrogens (tertiary/aromatic N) is 1. The molecule has 0 saturated carbocycles. The molecule has 6 heteroatoms. The van der Waals surface area contributed by atoms with E-state index in [2.05, 4.69) is 0 Å². The van der Waals surface area contributed by atoms with E-state index in [1.54, 1.807) is 0 Å². The van der Waals surface area contributed by atoms with Crippen LogP contribution >= 0.6 is 11.6 Å². The predicted octanol–water partition coefficient (Wildman–Crippen LogP) is 2.76. The van der Waals surface area contributed by atoms with E-state index >= 15 is 0 Å². The summed E-state index contributed by atoms with van der Waals surface area (Å²) in [5.74, 6) is 0.587. The predicted molar refractivity (Wildman–Crippen MR) is 58.9 cm³/mol. The zero-order valence-corrected chi connectivity index (χ0v) is 10.4. The van der Waals surface area contributed by atoms with Gasteiger partial charge in [0.05, 0.1) is 13.2 Å². The largest absolute Gasteiger partial charge is 0.401 e. The van der Waals surface area contributed by atoms with E-state index in [9.17, 15) is 13.2 Å². The third-order valence-electron chi connectivity index (χ3n) is 1.81. The highest BCUT2D eigenvalue weighted by atomic mass is 35.5. The molecule has 0 saturated heterocycles. The zero-order valence-electron chi connectivity index (χ0n) is 9.69. The van der Waals surface area contributed by atoms with Gasteiger partial charge in [-0.3, -0.25) is 4.90 Å². The molecule has 0 bridgehead atoms. The third kappa shape index (κ3) is 10.5. The first-order valence-electron chi connectivity index (χ1n) is 5.28. The van der Waals surface area contributed by atoms with Crippen molar-refractivity contribution in [1.29, 1.82) is 0 Å². The Bertz CT molecular complexity index is 176. The van der Waals surface area contributed by atoms with E-state index in [4.69, 9.17) is 16.3 Å². The van der Waals surface area contributed by atoms with Gasteiger partial charge in [-0.1, -0.05) is 13.8 Å². The Balaban J connectivity index is 3.76. The molecule has 0 aliphatic heterocycles. The molecule has 0 unspecified atom stereocenters. The Hall–Kier alpha value is -0.0000000000000000555. The van der Waals surface area contributed by atoms with Crippen molar-refractivity contribution in [3.8, 4) is 0 Å². The highest BCUT2D eigenvalue weighted by molar-refractivity contribution is 6.18. The molecule has 0 aromatic carbocycles. The molecule has 98 valence electrons. The van der Waals surface area contributed by atoms with E-state index in [0.717, 1.165) is 0 Å². The van der Waals surface area contributed by atoms with Gasteiger partial charge in [0.15, 0.2) is 0 Å².